The zero-order chi connectivity index (χ0) is 26.9. The number of nitrogens with zero attached hydrogens (tertiary/aromatic N) is 3. The molecule has 0 aliphatic carbocycles. The number of hydrogen-bond acceptors (Lipinski definition) is 6. The molecular weight excluding hydrogens is 515 g/mol. The lowest BCUT2D eigenvalue weighted by Crippen LogP contribution is -2.06. The van der Waals surface area contributed by atoms with Crippen LogP contribution < -0.4 is 4.74 Å². The lowest BCUT2D eigenvalue weighted by molar-refractivity contribution is -0.137. The lowest BCUT2D eigenvalue weighted by atomic mass is 9.98. The van der Waals surface area contributed by atoms with Crippen LogP contribution in [0.5, 0.6) is 5.75 Å². The molecule has 6 nitrogen and oxygen atoms in total. The van der Waals surface area contributed by atoms with Gasteiger partial charge in [-0.25, -0.2) is 18.4 Å². The van der Waals surface area contributed by atoms with Crippen LogP contribution in [0.1, 0.15) is 11.3 Å². The fourth-order valence-corrected chi connectivity index (χ4v) is 5.50. The molecule has 2 aromatic heterocycles. The van der Waals surface area contributed by atoms with Gasteiger partial charge in [0.25, 0.3) is 0 Å². The zero-order valence-corrected chi connectivity index (χ0v) is 20.8. The first-order valence-corrected chi connectivity index (χ1v) is 13.0. The standard InChI is InChI=1S/C28H20F3N3O3S/c1-37-26-15-19(18-3-2-4-21(13-18)28(29,30)31)5-7-25(26)27-24-8-6-23(14-20(24)9-12-33-27)38(35,36)16-22-10-11-32-17-34-22/h2-15,17H,16H2,1H3. The normalized spacial score (nSPS) is 12.0. The third kappa shape index (κ3) is 5.08. The fourth-order valence-electron chi connectivity index (χ4n) is 4.19. The highest BCUT2D eigenvalue weighted by Crippen LogP contribution is 2.38. The predicted octanol–water partition coefficient (Wildman–Crippen LogP) is 6.36. The minimum atomic E-state index is -4.45. The van der Waals surface area contributed by atoms with E-state index in [-0.39, 0.29) is 10.6 Å². The van der Waals surface area contributed by atoms with Crippen molar-refractivity contribution in [1.82, 2.24) is 15.0 Å². The molecule has 0 fully saturated rings. The molecule has 3 aromatic carbocycles. The van der Waals surface area contributed by atoms with Gasteiger partial charge in [0.2, 0.25) is 0 Å². The summed E-state index contributed by atoms with van der Waals surface area (Å²) in [6.07, 6.45) is -0.0938. The summed E-state index contributed by atoms with van der Waals surface area (Å²) in [5.41, 5.74) is 1.77. The van der Waals surface area contributed by atoms with Crippen molar-refractivity contribution in [2.75, 3.05) is 7.11 Å². The molecule has 0 amide bonds. The summed E-state index contributed by atoms with van der Waals surface area (Å²) in [7, 11) is -2.19. The second-order valence-corrected chi connectivity index (χ2v) is 10.5. The SMILES string of the molecule is COc1cc(-c2cccc(C(F)(F)F)c2)ccc1-c1nccc2cc(S(=O)(=O)Cc3ccncn3)ccc12. The number of rotatable bonds is 6. The number of benzene rings is 3. The van der Waals surface area contributed by atoms with Gasteiger partial charge in [0.15, 0.2) is 9.84 Å². The van der Waals surface area contributed by atoms with E-state index in [9.17, 15) is 21.6 Å². The Morgan fingerprint density at radius 2 is 1.68 bits per heavy atom. The van der Waals surface area contributed by atoms with Crippen molar-refractivity contribution in [3.05, 3.63) is 103 Å². The largest absolute Gasteiger partial charge is 0.496 e. The zero-order valence-electron chi connectivity index (χ0n) is 20.0. The van der Waals surface area contributed by atoms with E-state index in [2.05, 4.69) is 15.0 Å². The van der Waals surface area contributed by atoms with Gasteiger partial charge >= 0.3 is 6.18 Å². The third-order valence-corrected chi connectivity index (χ3v) is 7.70. The van der Waals surface area contributed by atoms with E-state index in [4.69, 9.17) is 4.74 Å². The molecule has 5 rings (SSSR count). The van der Waals surface area contributed by atoms with Crippen LogP contribution in [-0.2, 0) is 21.8 Å². The molecule has 0 radical (unpaired) electrons. The van der Waals surface area contributed by atoms with Crippen molar-refractivity contribution in [1.29, 1.82) is 0 Å². The quantitative estimate of drug-likeness (QED) is 0.252. The van der Waals surface area contributed by atoms with E-state index in [1.54, 1.807) is 54.7 Å². The van der Waals surface area contributed by atoms with E-state index in [1.165, 1.54) is 31.8 Å². The number of fused-ring (bicyclic) bond motifs is 1. The van der Waals surface area contributed by atoms with E-state index < -0.39 is 21.6 Å². The summed E-state index contributed by atoms with van der Waals surface area (Å²) < 4.78 is 71.2. The Bertz CT molecular complexity index is 1740. The summed E-state index contributed by atoms with van der Waals surface area (Å²) in [6, 6.07) is 18.2. The molecule has 0 aliphatic heterocycles. The Morgan fingerprint density at radius 3 is 2.42 bits per heavy atom. The van der Waals surface area contributed by atoms with Gasteiger partial charge in [-0.1, -0.05) is 24.3 Å². The first-order valence-electron chi connectivity index (χ1n) is 11.4. The van der Waals surface area contributed by atoms with E-state index in [0.29, 0.717) is 44.6 Å². The van der Waals surface area contributed by atoms with Crippen LogP contribution in [0.3, 0.4) is 0 Å². The van der Waals surface area contributed by atoms with Gasteiger partial charge in [-0.05, 0) is 65.0 Å². The number of pyridine rings is 1. The highest BCUT2D eigenvalue weighted by molar-refractivity contribution is 7.90. The van der Waals surface area contributed by atoms with Crippen molar-refractivity contribution in [3.63, 3.8) is 0 Å². The summed E-state index contributed by atoms with van der Waals surface area (Å²) in [5.74, 6) is 0.157. The minimum Gasteiger partial charge on any atom is -0.496 e. The van der Waals surface area contributed by atoms with E-state index >= 15 is 0 Å². The van der Waals surface area contributed by atoms with Gasteiger partial charge in [-0.15, -0.1) is 0 Å². The molecule has 0 aliphatic rings. The van der Waals surface area contributed by atoms with Gasteiger partial charge in [-0.3, -0.25) is 4.98 Å². The molecule has 0 saturated carbocycles. The van der Waals surface area contributed by atoms with E-state index in [0.717, 1.165) is 12.1 Å². The summed E-state index contributed by atoms with van der Waals surface area (Å²) >= 11 is 0. The van der Waals surface area contributed by atoms with Crippen molar-refractivity contribution < 1.29 is 26.3 Å². The van der Waals surface area contributed by atoms with Crippen molar-refractivity contribution in [3.8, 4) is 28.1 Å². The average Bonchev–Trinajstić information content (AvgIpc) is 2.92. The number of halogens is 3. The maximum absolute atomic E-state index is 13.2. The minimum absolute atomic E-state index is 0.146. The maximum Gasteiger partial charge on any atom is 0.416 e. The lowest BCUT2D eigenvalue weighted by Gasteiger charge is -2.14. The Labute approximate surface area is 216 Å². The van der Waals surface area contributed by atoms with Crippen molar-refractivity contribution >= 4 is 20.6 Å². The molecule has 2 heterocycles. The number of sulfone groups is 1. The number of ether oxygens (including phenoxy) is 1. The molecule has 0 spiro atoms. The Morgan fingerprint density at radius 1 is 0.868 bits per heavy atom. The molecule has 0 unspecified atom stereocenters. The highest BCUT2D eigenvalue weighted by Gasteiger charge is 2.30. The van der Waals surface area contributed by atoms with Crippen LogP contribution >= 0.6 is 0 Å². The smallest absolute Gasteiger partial charge is 0.416 e. The summed E-state index contributed by atoms with van der Waals surface area (Å²) in [5, 5.41) is 1.35. The number of aromatic nitrogens is 3. The summed E-state index contributed by atoms with van der Waals surface area (Å²) in [4.78, 5) is 12.5. The second kappa shape index (κ2) is 9.86. The molecule has 10 heteroatoms. The Kier molecular flexibility index (Phi) is 6.58. The number of hydrogen-bond donors (Lipinski definition) is 0. The maximum atomic E-state index is 13.2. The number of alkyl halides is 3. The molecule has 5 aromatic rings. The van der Waals surface area contributed by atoms with Crippen molar-refractivity contribution in [2.45, 2.75) is 16.8 Å². The molecule has 0 bridgehead atoms. The van der Waals surface area contributed by atoms with Gasteiger partial charge < -0.3 is 4.74 Å². The second-order valence-electron chi connectivity index (χ2n) is 8.50. The Hall–Kier alpha value is -4.31. The van der Waals surface area contributed by atoms with Crippen LogP contribution in [0.4, 0.5) is 13.2 Å². The highest BCUT2D eigenvalue weighted by atomic mass is 32.2. The molecular formula is C28H20F3N3O3S. The van der Waals surface area contributed by atoms with Crippen LogP contribution in [-0.4, -0.2) is 30.5 Å². The summed E-state index contributed by atoms with van der Waals surface area (Å²) in [6.45, 7) is 0. The van der Waals surface area contributed by atoms with Gasteiger partial charge in [-0.2, -0.15) is 13.2 Å². The van der Waals surface area contributed by atoms with Gasteiger partial charge in [0, 0.05) is 23.3 Å². The fraction of sp³-hybridized carbons (Fsp3) is 0.107. The van der Waals surface area contributed by atoms with Crippen LogP contribution in [0.15, 0.2) is 96.4 Å². The Balaban J connectivity index is 1.54. The van der Waals surface area contributed by atoms with Crippen LogP contribution in [0, 0.1) is 0 Å². The van der Waals surface area contributed by atoms with Crippen LogP contribution in [0.2, 0.25) is 0 Å². The van der Waals surface area contributed by atoms with E-state index in [1.807, 2.05) is 0 Å². The van der Waals surface area contributed by atoms with Crippen molar-refractivity contribution in [2.24, 2.45) is 0 Å². The first-order chi connectivity index (χ1) is 18.2. The number of methoxy groups -OCH3 is 1. The molecule has 38 heavy (non-hydrogen) atoms. The van der Waals surface area contributed by atoms with Gasteiger partial charge in [0.1, 0.15) is 12.1 Å². The first kappa shape index (κ1) is 25.3. The molecule has 192 valence electrons. The molecule has 0 N–H and O–H groups in total. The monoisotopic (exact) mass is 535 g/mol. The third-order valence-electron chi connectivity index (χ3n) is 6.06. The van der Waals surface area contributed by atoms with Crippen LogP contribution in [0.25, 0.3) is 33.2 Å². The average molecular weight is 536 g/mol. The molecule has 0 saturated heterocycles. The molecule has 0 atom stereocenters. The predicted molar refractivity (Wildman–Crippen MR) is 137 cm³/mol. The van der Waals surface area contributed by atoms with Gasteiger partial charge in [0.05, 0.1) is 34.7 Å². The topological polar surface area (TPSA) is 82.0 Å².